The van der Waals surface area contributed by atoms with Gasteiger partial charge in [0.1, 0.15) is 10.9 Å². The second kappa shape index (κ2) is 6.34. The molecule has 23 heavy (non-hydrogen) atoms. The van der Waals surface area contributed by atoms with Crippen LogP contribution >= 0.6 is 11.3 Å². The molecule has 0 fully saturated rings. The van der Waals surface area contributed by atoms with Crippen LogP contribution < -0.4 is 5.56 Å². The summed E-state index contributed by atoms with van der Waals surface area (Å²) in [6.07, 6.45) is 1.41. The molecule has 5 nitrogen and oxygen atoms in total. The smallest absolute Gasteiger partial charge is 0.328 e. The van der Waals surface area contributed by atoms with Gasteiger partial charge in [-0.2, -0.15) is 0 Å². The lowest BCUT2D eigenvalue weighted by molar-refractivity contribution is -0.146. The van der Waals surface area contributed by atoms with E-state index in [1.807, 2.05) is 36.4 Å². The monoisotopic (exact) mass is 328 g/mol. The number of benzene rings is 1. The zero-order valence-corrected chi connectivity index (χ0v) is 13.7. The first kappa shape index (κ1) is 15.4. The van der Waals surface area contributed by atoms with Crippen LogP contribution in [0, 0.1) is 0 Å². The molecule has 118 valence electrons. The van der Waals surface area contributed by atoms with Gasteiger partial charge >= 0.3 is 5.97 Å². The molecule has 0 N–H and O–H groups in total. The maximum atomic E-state index is 12.6. The van der Waals surface area contributed by atoms with Crippen LogP contribution in [0.25, 0.3) is 20.7 Å². The van der Waals surface area contributed by atoms with E-state index in [0.29, 0.717) is 10.2 Å². The molecule has 1 atom stereocenters. The summed E-state index contributed by atoms with van der Waals surface area (Å²) in [5, 5.41) is 0.521. The maximum absolute atomic E-state index is 12.6. The second-order valence-corrected chi connectivity index (χ2v) is 6.11. The first-order valence-electron chi connectivity index (χ1n) is 7.34. The Labute approximate surface area is 137 Å². The fourth-order valence-electron chi connectivity index (χ4n) is 2.33. The molecule has 2 heterocycles. The van der Waals surface area contributed by atoms with E-state index in [9.17, 15) is 9.59 Å². The molecular formula is C17H16N2O3S. The molecule has 1 unspecified atom stereocenters. The van der Waals surface area contributed by atoms with Gasteiger partial charge in [0.05, 0.1) is 18.3 Å². The van der Waals surface area contributed by atoms with Gasteiger partial charge in [-0.25, -0.2) is 9.78 Å². The van der Waals surface area contributed by atoms with E-state index >= 15 is 0 Å². The summed E-state index contributed by atoms with van der Waals surface area (Å²) in [4.78, 5) is 30.5. The standard InChI is InChI=1S/C17H16N2O3S/c1-3-22-17(21)11(2)19-10-18-15-13(16(19)20)9-14(23-15)12-7-5-4-6-8-12/h4-11H,3H2,1-2H3. The summed E-state index contributed by atoms with van der Waals surface area (Å²) in [6, 6.07) is 11.0. The number of carbonyl (C=O) groups is 1. The molecule has 3 rings (SSSR count). The predicted octanol–water partition coefficient (Wildman–Crippen LogP) is 3.25. The Kier molecular flexibility index (Phi) is 4.25. The third kappa shape index (κ3) is 2.90. The highest BCUT2D eigenvalue weighted by molar-refractivity contribution is 7.21. The Hall–Kier alpha value is -2.47. The van der Waals surface area contributed by atoms with Crippen molar-refractivity contribution >= 4 is 27.5 Å². The Morgan fingerprint density at radius 2 is 2.09 bits per heavy atom. The van der Waals surface area contributed by atoms with Gasteiger partial charge in [0.25, 0.3) is 5.56 Å². The van der Waals surface area contributed by atoms with Crippen molar-refractivity contribution in [1.29, 1.82) is 0 Å². The number of esters is 1. The number of carbonyl (C=O) groups excluding carboxylic acids is 1. The number of aromatic nitrogens is 2. The molecule has 0 aliphatic carbocycles. The van der Waals surface area contributed by atoms with E-state index in [2.05, 4.69) is 4.98 Å². The van der Waals surface area contributed by atoms with Gasteiger partial charge in [-0.1, -0.05) is 30.3 Å². The van der Waals surface area contributed by atoms with Gasteiger partial charge in [0.15, 0.2) is 0 Å². The highest BCUT2D eigenvalue weighted by Gasteiger charge is 2.19. The van der Waals surface area contributed by atoms with Crippen molar-refractivity contribution in [2.24, 2.45) is 0 Å². The van der Waals surface area contributed by atoms with Crippen LogP contribution in [0.1, 0.15) is 19.9 Å². The summed E-state index contributed by atoms with van der Waals surface area (Å²) in [7, 11) is 0. The minimum absolute atomic E-state index is 0.228. The number of ether oxygens (including phenoxy) is 1. The SMILES string of the molecule is CCOC(=O)C(C)n1cnc2sc(-c3ccccc3)cc2c1=O. The highest BCUT2D eigenvalue weighted by atomic mass is 32.1. The fourth-order valence-corrected chi connectivity index (χ4v) is 3.33. The number of thiophene rings is 1. The Bertz CT molecular complexity index is 899. The van der Waals surface area contributed by atoms with Crippen LogP contribution in [-0.4, -0.2) is 22.1 Å². The van der Waals surface area contributed by atoms with Crippen LogP contribution in [0.3, 0.4) is 0 Å². The van der Waals surface area contributed by atoms with Crippen molar-refractivity contribution in [3.63, 3.8) is 0 Å². The molecule has 0 radical (unpaired) electrons. The van der Waals surface area contributed by atoms with Crippen molar-refractivity contribution in [2.75, 3.05) is 6.61 Å². The molecule has 0 spiro atoms. The molecule has 2 aromatic heterocycles. The molecule has 0 amide bonds. The summed E-state index contributed by atoms with van der Waals surface area (Å²) in [5.74, 6) is -0.436. The Balaban J connectivity index is 2.06. The Morgan fingerprint density at radius 1 is 1.35 bits per heavy atom. The molecule has 0 aliphatic rings. The van der Waals surface area contributed by atoms with E-state index in [0.717, 1.165) is 10.4 Å². The minimum Gasteiger partial charge on any atom is -0.464 e. The number of fused-ring (bicyclic) bond motifs is 1. The number of hydrogen-bond acceptors (Lipinski definition) is 5. The topological polar surface area (TPSA) is 61.2 Å². The lowest BCUT2D eigenvalue weighted by atomic mass is 10.2. The van der Waals surface area contributed by atoms with Crippen molar-refractivity contribution in [2.45, 2.75) is 19.9 Å². The summed E-state index contributed by atoms with van der Waals surface area (Å²) in [5.41, 5.74) is 0.814. The molecule has 3 aromatic rings. The van der Waals surface area contributed by atoms with Crippen molar-refractivity contribution in [3.8, 4) is 10.4 Å². The fraction of sp³-hybridized carbons (Fsp3) is 0.235. The third-order valence-electron chi connectivity index (χ3n) is 3.58. The zero-order chi connectivity index (χ0) is 16.4. The molecule has 0 bridgehead atoms. The van der Waals surface area contributed by atoms with Crippen molar-refractivity contribution < 1.29 is 9.53 Å². The van der Waals surface area contributed by atoms with Gasteiger partial charge in [-0.05, 0) is 25.5 Å². The van der Waals surface area contributed by atoms with Gasteiger partial charge in [0.2, 0.25) is 0 Å². The van der Waals surface area contributed by atoms with Gasteiger partial charge < -0.3 is 4.74 Å². The molecule has 0 saturated carbocycles. The highest BCUT2D eigenvalue weighted by Crippen LogP contribution is 2.30. The van der Waals surface area contributed by atoms with Gasteiger partial charge in [-0.3, -0.25) is 9.36 Å². The van der Waals surface area contributed by atoms with Crippen LogP contribution in [-0.2, 0) is 9.53 Å². The lowest BCUT2D eigenvalue weighted by Crippen LogP contribution is -2.29. The second-order valence-electron chi connectivity index (χ2n) is 5.08. The first-order valence-corrected chi connectivity index (χ1v) is 8.16. The molecule has 0 saturated heterocycles. The number of hydrogen-bond donors (Lipinski definition) is 0. The van der Waals surface area contributed by atoms with E-state index in [-0.39, 0.29) is 12.2 Å². The number of nitrogens with zero attached hydrogens (tertiary/aromatic N) is 2. The largest absolute Gasteiger partial charge is 0.464 e. The quantitative estimate of drug-likeness (QED) is 0.690. The van der Waals surface area contributed by atoms with E-state index in [1.54, 1.807) is 13.8 Å². The normalized spacial score (nSPS) is 12.3. The molecule has 6 heteroatoms. The first-order chi connectivity index (χ1) is 11.1. The average Bonchev–Trinajstić information content (AvgIpc) is 3.01. The van der Waals surface area contributed by atoms with E-state index in [4.69, 9.17) is 4.74 Å². The summed E-state index contributed by atoms with van der Waals surface area (Å²) < 4.78 is 6.30. The van der Waals surface area contributed by atoms with Crippen molar-refractivity contribution in [3.05, 3.63) is 53.1 Å². The predicted molar refractivity (Wildman–Crippen MR) is 90.7 cm³/mol. The average molecular weight is 328 g/mol. The van der Waals surface area contributed by atoms with Crippen LogP contribution in [0.15, 0.2) is 47.5 Å². The molecule has 0 aliphatic heterocycles. The Morgan fingerprint density at radius 3 is 2.78 bits per heavy atom. The zero-order valence-electron chi connectivity index (χ0n) is 12.9. The minimum atomic E-state index is -0.695. The van der Waals surface area contributed by atoms with Crippen LogP contribution in [0.2, 0.25) is 0 Å². The van der Waals surface area contributed by atoms with Crippen LogP contribution in [0.4, 0.5) is 0 Å². The van der Waals surface area contributed by atoms with Crippen LogP contribution in [0.5, 0.6) is 0 Å². The third-order valence-corrected chi connectivity index (χ3v) is 4.67. The van der Waals surface area contributed by atoms with Gasteiger partial charge in [-0.15, -0.1) is 11.3 Å². The number of rotatable bonds is 4. The lowest BCUT2D eigenvalue weighted by Gasteiger charge is -2.12. The van der Waals surface area contributed by atoms with E-state index in [1.165, 1.54) is 22.2 Å². The van der Waals surface area contributed by atoms with Crippen molar-refractivity contribution in [1.82, 2.24) is 9.55 Å². The summed E-state index contributed by atoms with van der Waals surface area (Å²) in [6.45, 7) is 3.65. The van der Waals surface area contributed by atoms with E-state index < -0.39 is 12.0 Å². The molecular weight excluding hydrogens is 312 g/mol. The maximum Gasteiger partial charge on any atom is 0.328 e. The summed E-state index contributed by atoms with van der Waals surface area (Å²) >= 11 is 1.46. The molecule has 1 aromatic carbocycles. The van der Waals surface area contributed by atoms with Gasteiger partial charge in [0, 0.05) is 4.88 Å².